The third kappa shape index (κ3) is 3.56. The lowest BCUT2D eigenvalue weighted by atomic mass is 9.64. The van der Waals surface area contributed by atoms with E-state index < -0.39 is 18.3 Å². The Bertz CT molecular complexity index is 669. The molecule has 1 saturated heterocycles. The molecule has 2 fully saturated rings. The fourth-order valence-corrected chi connectivity index (χ4v) is 3.82. The van der Waals surface area contributed by atoms with E-state index in [4.69, 9.17) is 9.31 Å². The predicted molar refractivity (Wildman–Crippen MR) is 98.5 cm³/mol. The Morgan fingerprint density at radius 3 is 2.28 bits per heavy atom. The molecule has 1 aromatic heterocycles. The van der Waals surface area contributed by atoms with Crippen LogP contribution in [0.15, 0.2) is 18.1 Å². The summed E-state index contributed by atoms with van der Waals surface area (Å²) in [5.74, 6) is 0.667. The second-order valence-electron chi connectivity index (χ2n) is 9.45. The lowest BCUT2D eigenvalue weighted by molar-refractivity contribution is 0.00578. The van der Waals surface area contributed by atoms with Crippen LogP contribution in [-0.2, 0) is 15.9 Å². The average Bonchev–Trinajstić information content (AvgIpc) is 2.98. The van der Waals surface area contributed by atoms with Gasteiger partial charge in [0.1, 0.15) is 5.73 Å². The van der Waals surface area contributed by atoms with Crippen molar-refractivity contribution in [3.05, 3.63) is 23.7 Å². The Balaban J connectivity index is 1.70. The maximum Gasteiger partial charge on any atom is 0.525 e. The van der Waals surface area contributed by atoms with Gasteiger partial charge in [0.05, 0.1) is 17.4 Å². The molecular formula is C19H30BFN2O2. The zero-order valence-corrected chi connectivity index (χ0v) is 16.5. The van der Waals surface area contributed by atoms with Crippen LogP contribution < -0.4 is 0 Å². The second kappa shape index (κ2) is 5.95. The average molecular weight is 348 g/mol. The van der Waals surface area contributed by atoms with Gasteiger partial charge in [-0.3, -0.25) is 4.68 Å². The lowest BCUT2D eigenvalue weighted by Gasteiger charge is -2.42. The van der Waals surface area contributed by atoms with Crippen molar-refractivity contribution >= 4 is 12.7 Å². The van der Waals surface area contributed by atoms with Gasteiger partial charge in [0.15, 0.2) is 0 Å². The standard InChI is InChI=1S/C19H30BFN2O2/c1-13(16(21)20-24-18(4,5)19(6,7)25-20)15-10-22-23(12-15)11-14-8-17(2,3)9-14/h10,12,14H,8-9,11H2,1-7H3. The SMILES string of the molecule is CC(=C(F)B1OC(C)(C)C(C)(C)O1)c1cnn(CC2CC(C)(C)C2)c1. The molecule has 3 rings (SSSR count). The molecule has 1 aromatic rings. The molecule has 0 radical (unpaired) electrons. The molecule has 138 valence electrons. The van der Waals surface area contributed by atoms with E-state index in [-0.39, 0.29) is 5.73 Å². The Morgan fingerprint density at radius 2 is 1.76 bits per heavy atom. The summed E-state index contributed by atoms with van der Waals surface area (Å²) in [6, 6.07) is 0. The van der Waals surface area contributed by atoms with Crippen LogP contribution in [0.2, 0.25) is 0 Å². The van der Waals surface area contributed by atoms with E-state index in [9.17, 15) is 4.39 Å². The maximum atomic E-state index is 14.9. The molecule has 2 aliphatic rings. The molecule has 1 aliphatic heterocycles. The monoisotopic (exact) mass is 348 g/mol. The van der Waals surface area contributed by atoms with Crippen molar-refractivity contribution in [2.24, 2.45) is 11.3 Å². The van der Waals surface area contributed by atoms with Crippen molar-refractivity contribution < 1.29 is 13.7 Å². The summed E-state index contributed by atoms with van der Waals surface area (Å²) in [4.78, 5) is 0. The number of hydrogen-bond acceptors (Lipinski definition) is 3. The summed E-state index contributed by atoms with van der Waals surface area (Å²) < 4.78 is 28.5. The predicted octanol–water partition coefficient (Wildman–Crippen LogP) is 4.65. The molecule has 1 aliphatic carbocycles. The van der Waals surface area contributed by atoms with Crippen LogP contribution in [0.25, 0.3) is 5.57 Å². The third-order valence-electron chi connectivity index (χ3n) is 6.01. The van der Waals surface area contributed by atoms with E-state index in [1.807, 2.05) is 38.6 Å². The summed E-state index contributed by atoms with van der Waals surface area (Å²) in [6.45, 7) is 14.9. The third-order valence-corrected chi connectivity index (χ3v) is 6.01. The van der Waals surface area contributed by atoms with Crippen LogP contribution in [0.5, 0.6) is 0 Å². The minimum atomic E-state index is -0.958. The van der Waals surface area contributed by atoms with Gasteiger partial charge in [0, 0.05) is 18.3 Å². The highest BCUT2D eigenvalue weighted by Gasteiger charge is 2.53. The van der Waals surface area contributed by atoms with Crippen molar-refractivity contribution in [2.75, 3.05) is 0 Å². The van der Waals surface area contributed by atoms with Gasteiger partial charge in [-0.15, -0.1) is 0 Å². The van der Waals surface area contributed by atoms with Crippen molar-refractivity contribution in [3.63, 3.8) is 0 Å². The number of aromatic nitrogens is 2. The molecule has 25 heavy (non-hydrogen) atoms. The minimum Gasteiger partial charge on any atom is -0.398 e. The Kier molecular flexibility index (Phi) is 4.44. The molecule has 2 heterocycles. The van der Waals surface area contributed by atoms with Gasteiger partial charge in [-0.25, -0.2) is 4.39 Å². The molecule has 0 bridgehead atoms. The van der Waals surface area contributed by atoms with Crippen LogP contribution in [0, 0.1) is 11.3 Å². The largest absolute Gasteiger partial charge is 0.525 e. The van der Waals surface area contributed by atoms with E-state index in [0.29, 0.717) is 16.9 Å². The van der Waals surface area contributed by atoms with E-state index in [0.717, 1.165) is 12.1 Å². The molecule has 6 heteroatoms. The number of hydrogen-bond donors (Lipinski definition) is 0. The van der Waals surface area contributed by atoms with Crippen molar-refractivity contribution in [2.45, 2.75) is 79.1 Å². The fraction of sp³-hybridized carbons (Fsp3) is 0.737. The summed E-state index contributed by atoms with van der Waals surface area (Å²) in [5.41, 5.74) is 0.305. The zero-order chi connectivity index (χ0) is 18.6. The van der Waals surface area contributed by atoms with Crippen molar-refractivity contribution in [1.29, 1.82) is 0 Å². The van der Waals surface area contributed by atoms with Gasteiger partial charge >= 0.3 is 7.12 Å². The summed E-state index contributed by atoms with van der Waals surface area (Å²) >= 11 is 0. The second-order valence-corrected chi connectivity index (χ2v) is 9.45. The van der Waals surface area contributed by atoms with Gasteiger partial charge in [0.25, 0.3) is 0 Å². The van der Waals surface area contributed by atoms with Crippen LogP contribution in [0.4, 0.5) is 4.39 Å². The molecule has 0 atom stereocenters. The Hall–Kier alpha value is -1.14. The number of rotatable bonds is 4. The molecule has 1 saturated carbocycles. The van der Waals surface area contributed by atoms with Crippen LogP contribution in [0.3, 0.4) is 0 Å². The van der Waals surface area contributed by atoms with Crippen molar-refractivity contribution in [3.8, 4) is 0 Å². The number of allylic oxidation sites excluding steroid dienone is 1. The first kappa shape index (κ1) is 18.6. The maximum absolute atomic E-state index is 14.9. The summed E-state index contributed by atoms with van der Waals surface area (Å²) in [6.07, 6.45) is 6.09. The van der Waals surface area contributed by atoms with Gasteiger partial charge in [-0.2, -0.15) is 5.10 Å². The lowest BCUT2D eigenvalue weighted by Crippen LogP contribution is -2.41. The van der Waals surface area contributed by atoms with E-state index in [1.165, 1.54) is 12.8 Å². The summed E-state index contributed by atoms with van der Waals surface area (Å²) in [5, 5.41) is 4.41. The summed E-state index contributed by atoms with van der Waals surface area (Å²) in [7, 11) is -0.958. The van der Waals surface area contributed by atoms with E-state index >= 15 is 0 Å². The van der Waals surface area contributed by atoms with E-state index in [2.05, 4.69) is 18.9 Å². The highest BCUT2D eigenvalue weighted by atomic mass is 19.1. The van der Waals surface area contributed by atoms with E-state index in [1.54, 1.807) is 13.1 Å². The first-order valence-electron chi connectivity index (χ1n) is 9.15. The zero-order valence-electron chi connectivity index (χ0n) is 16.5. The molecule has 0 amide bonds. The topological polar surface area (TPSA) is 36.3 Å². The van der Waals surface area contributed by atoms with Gasteiger partial charge in [-0.1, -0.05) is 13.8 Å². The highest BCUT2D eigenvalue weighted by Crippen LogP contribution is 2.45. The molecule has 0 spiro atoms. The van der Waals surface area contributed by atoms with Gasteiger partial charge in [0.2, 0.25) is 0 Å². The van der Waals surface area contributed by atoms with Gasteiger partial charge in [-0.05, 0) is 64.4 Å². The molecule has 0 N–H and O–H groups in total. The van der Waals surface area contributed by atoms with Gasteiger partial charge < -0.3 is 9.31 Å². The molecule has 0 aromatic carbocycles. The Morgan fingerprint density at radius 1 is 1.20 bits per heavy atom. The Labute approximate surface area is 150 Å². The minimum absolute atomic E-state index is 0.372. The smallest absolute Gasteiger partial charge is 0.398 e. The first-order valence-corrected chi connectivity index (χ1v) is 9.15. The van der Waals surface area contributed by atoms with Crippen LogP contribution in [-0.4, -0.2) is 28.1 Å². The normalized spacial score (nSPS) is 25.7. The van der Waals surface area contributed by atoms with Crippen LogP contribution in [0.1, 0.15) is 66.9 Å². The molecule has 0 unspecified atom stereocenters. The van der Waals surface area contributed by atoms with Crippen molar-refractivity contribution in [1.82, 2.24) is 9.78 Å². The highest BCUT2D eigenvalue weighted by molar-refractivity contribution is 6.55. The quantitative estimate of drug-likeness (QED) is 0.743. The number of halogens is 1. The molecular weight excluding hydrogens is 318 g/mol. The first-order chi connectivity index (χ1) is 11.4. The molecule has 4 nitrogen and oxygen atoms in total. The fourth-order valence-electron chi connectivity index (χ4n) is 3.82. The van der Waals surface area contributed by atoms with Crippen LogP contribution >= 0.6 is 0 Å². The number of nitrogens with zero attached hydrogens (tertiary/aromatic N) is 2.